The SMILES string of the molecule is CCNCCCS(=O)(=O)NCc1cccc2cccnc12. The Morgan fingerprint density at radius 2 is 2.00 bits per heavy atom. The van der Waals surface area contributed by atoms with E-state index in [1.807, 2.05) is 37.3 Å². The summed E-state index contributed by atoms with van der Waals surface area (Å²) in [6.07, 6.45) is 2.33. The number of para-hydroxylation sites is 1. The standard InChI is InChI=1S/C15H21N3O2S/c1-2-16-9-5-11-21(19,20)18-12-14-7-3-6-13-8-4-10-17-15(13)14/h3-4,6-8,10,16,18H,2,5,9,11-12H2,1H3. The molecule has 5 nitrogen and oxygen atoms in total. The lowest BCUT2D eigenvalue weighted by molar-refractivity contribution is 0.576. The summed E-state index contributed by atoms with van der Waals surface area (Å²) < 4.78 is 26.5. The zero-order chi connectivity index (χ0) is 15.1. The maximum Gasteiger partial charge on any atom is 0.211 e. The minimum absolute atomic E-state index is 0.137. The summed E-state index contributed by atoms with van der Waals surface area (Å²) in [5, 5.41) is 4.13. The molecular formula is C15H21N3O2S. The van der Waals surface area contributed by atoms with Crippen molar-refractivity contribution in [1.29, 1.82) is 0 Å². The van der Waals surface area contributed by atoms with Gasteiger partial charge in [0, 0.05) is 18.1 Å². The van der Waals surface area contributed by atoms with Crippen LogP contribution in [0.5, 0.6) is 0 Å². The lowest BCUT2D eigenvalue weighted by Crippen LogP contribution is -2.28. The van der Waals surface area contributed by atoms with Crippen LogP contribution in [0.3, 0.4) is 0 Å². The Bertz CT molecular complexity index is 681. The van der Waals surface area contributed by atoms with E-state index < -0.39 is 10.0 Å². The minimum Gasteiger partial charge on any atom is -0.317 e. The van der Waals surface area contributed by atoms with Crippen molar-refractivity contribution in [3.63, 3.8) is 0 Å². The second-order valence-electron chi connectivity index (χ2n) is 4.84. The highest BCUT2D eigenvalue weighted by Gasteiger charge is 2.10. The van der Waals surface area contributed by atoms with E-state index in [9.17, 15) is 8.42 Å². The van der Waals surface area contributed by atoms with Crippen LogP contribution in [-0.2, 0) is 16.6 Å². The highest BCUT2D eigenvalue weighted by atomic mass is 32.2. The van der Waals surface area contributed by atoms with E-state index >= 15 is 0 Å². The van der Waals surface area contributed by atoms with E-state index in [0.29, 0.717) is 13.0 Å². The molecule has 2 N–H and O–H groups in total. The molecule has 0 atom stereocenters. The van der Waals surface area contributed by atoms with Gasteiger partial charge in [-0.15, -0.1) is 0 Å². The second kappa shape index (κ2) is 7.49. The number of hydrogen-bond acceptors (Lipinski definition) is 4. The third-order valence-electron chi connectivity index (χ3n) is 3.22. The molecule has 0 unspecified atom stereocenters. The number of pyridine rings is 1. The normalized spacial score (nSPS) is 11.9. The number of hydrogen-bond donors (Lipinski definition) is 2. The van der Waals surface area contributed by atoms with Gasteiger partial charge in [0.2, 0.25) is 10.0 Å². The average molecular weight is 307 g/mol. The van der Waals surface area contributed by atoms with Gasteiger partial charge in [-0.25, -0.2) is 13.1 Å². The van der Waals surface area contributed by atoms with Crippen LogP contribution in [0, 0.1) is 0 Å². The van der Waals surface area contributed by atoms with Gasteiger partial charge >= 0.3 is 0 Å². The van der Waals surface area contributed by atoms with Gasteiger partial charge in [-0.1, -0.05) is 31.2 Å². The van der Waals surface area contributed by atoms with Crippen LogP contribution in [0.2, 0.25) is 0 Å². The fourth-order valence-corrected chi connectivity index (χ4v) is 3.18. The molecule has 0 radical (unpaired) electrons. The van der Waals surface area contributed by atoms with E-state index in [1.54, 1.807) is 6.20 Å². The molecule has 0 fully saturated rings. The Labute approximate surface area is 125 Å². The fraction of sp³-hybridized carbons (Fsp3) is 0.400. The Balaban J connectivity index is 1.98. The van der Waals surface area contributed by atoms with E-state index in [4.69, 9.17) is 0 Å². The van der Waals surface area contributed by atoms with Crippen molar-refractivity contribution in [3.05, 3.63) is 42.1 Å². The number of nitrogens with zero attached hydrogens (tertiary/aromatic N) is 1. The molecule has 0 saturated carbocycles. The van der Waals surface area contributed by atoms with Crippen LogP contribution < -0.4 is 10.0 Å². The van der Waals surface area contributed by atoms with Crippen molar-refractivity contribution in [2.75, 3.05) is 18.8 Å². The zero-order valence-corrected chi connectivity index (χ0v) is 13.0. The fourth-order valence-electron chi connectivity index (χ4n) is 2.13. The monoisotopic (exact) mass is 307 g/mol. The first-order chi connectivity index (χ1) is 10.1. The van der Waals surface area contributed by atoms with Crippen molar-refractivity contribution in [2.45, 2.75) is 19.9 Å². The van der Waals surface area contributed by atoms with Gasteiger partial charge in [0.1, 0.15) is 0 Å². The summed E-state index contributed by atoms with van der Waals surface area (Å²) in [4.78, 5) is 4.32. The third-order valence-corrected chi connectivity index (χ3v) is 4.63. The smallest absolute Gasteiger partial charge is 0.211 e. The molecule has 6 heteroatoms. The molecule has 0 saturated heterocycles. The van der Waals surface area contributed by atoms with Crippen LogP contribution >= 0.6 is 0 Å². The molecular weight excluding hydrogens is 286 g/mol. The van der Waals surface area contributed by atoms with E-state index in [0.717, 1.165) is 23.0 Å². The Kier molecular flexibility index (Phi) is 5.67. The number of sulfonamides is 1. The van der Waals surface area contributed by atoms with Crippen LogP contribution in [0.4, 0.5) is 0 Å². The maximum atomic E-state index is 11.9. The Morgan fingerprint density at radius 3 is 2.81 bits per heavy atom. The van der Waals surface area contributed by atoms with Crippen molar-refractivity contribution in [1.82, 2.24) is 15.0 Å². The van der Waals surface area contributed by atoms with Crippen LogP contribution in [0.25, 0.3) is 10.9 Å². The van der Waals surface area contributed by atoms with Gasteiger partial charge in [-0.05, 0) is 31.1 Å². The molecule has 2 aromatic rings. The molecule has 21 heavy (non-hydrogen) atoms. The van der Waals surface area contributed by atoms with E-state index in [1.165, 1.54) is 0 Å². The van der Waals surface area contributed by atoms with Crippen molar-refractivity contribution in [2.24, 2.45) is 0 Å². The van der Waals surface area contributed by atoms with Gasteiger partial charge in [-0.3, -0.25) is 4.98 Å². The molecule has 2 rings (SSSR count). The molecule has 0 aliphatic heterocycles. The summed E-state index contributed by atoms with van der Waals surface area (Å²) in [5.41, 5.74) is 1.73. The molecule has 1 aromatic carbocycles. The Hall–Kier alpha value is -1.50. The topological polar surface area (TPSA) is 71.1 Å². The molecule has 0 aliphatic rings. The molecule has 114 valence electrons. The van der Waals surface area contributed by atoms with Gasteiger partial charge in [-0.2, -0.15) is 0 Å². The molecule has 0 bridgehead atoms. The van der Waals surface area contributed by atoms with Gasteiger partial charge < -0.3 is 5.32 Å². The van der Waals surface area contributed by atoms with Crippen molar-refractivity contribution in [3.8, 4) is 0 Å². The highest BCUT2D eigenvalue weighted by Crippen LogP contribution is 2.15. The van der Waals surface area contributed by atoms with E-state index in [2.05, 4.69) is 15.0 Å². The van der Waals surface area contributed by atoms with Gasteiger partial charge in [0.15, 0.2) is 0 Å². The summed E-state index contributed by atoms with van der Waals surface area (Å²) in [6.45, 7) is 3.85. The van der Waals surface area contributed by atoms with Gasteiger partial charge in [0.05, 0.1) is 11.3 Å². The van der Waals surface area contributed by atoms with Crippen LogP contribution in [0.1, 0.15) is 18.9 Å². The van der Waals surface area contributed by atoms with Gasteiger partial charge in [0.25, 0.3) is 0 Å². The molecule has 0 aliphatic carbocycles. The predicted molar refractivity (Wildman–Crippen MR) is 85.5 cm³/mol. The second-order valence-corrected chi connectivity index (χ2v) is 6.77. The van der Waals surface area contributed by atoms with Crippen molar-refractivity contribution >= 4 is 20.9 Å². The summed E-state index contributed by atoms with van der Waals surface area (Å²) >= 11 is 0. The first-order valence-electron chi connectivity index (χ1n) is 7.13. The number of benzene rings is 1. The number of aromatic nitrogens is 1. The number of nitrogens with one attached hydrogen (secondary N) is 2. The number of fused-ring (bicyclic) bond motifs is 1. The predicted octanol–water partition coefficient (Wildman–Crippen LogP) is 1.65. The minimum atomic E-state index is -3.25. The molecule has 0 amide bonds. The molecule has 1 aromatic heterocycles. The zero-order valence-electron chi connectivity index (χ0n) is 12.2. The summed E-state index contributed by atoms with van der Waals surface area (Å²) in [6, 6.07) is 9.62. The van der Waals surface area contributed by atoms with Crippen LogP contribution in [0.15, 0.2) is 36.5 Å². The quantitative estimate of drug-likeness (QED) is 0.728. The van der Waals surface area contributed by atoms with Crippen molar-refractivity contribution < 1.29 is 8.42 Å². The lowest BCUT2D eigenvalue weighted by atomic mass is 10.1. The lowest BCUT2D eigenvalue weighted by Gasteiger charge is -2.09. The number of rotatable bonds is 8. The molecule has 1 heterocycles. The average Bonchev–Trinajstić information content (AvgIpc) is 2.50. The first kappa shape index (κ1) is 15.9. The third kappa shape index (κ3) is 4.77. The van der Waals surface area contributed by atoms with E-state index in [-0.39, 0.29) is 12.3 Å². The largest absolute Gasteiger partial charge is 0.317 e. The molecule has 0 spiro atoms. The highest BCUT2D eigenvalue weighted by molar-refractivity contribution is 7.89. The summed E-state index contributed by atoms with van der Waals surface area (Å²) in [7, 11) is -3.25. The van der Waals surface area contributed by atoms with Crippen LogP contribution in [-0.4, -0.2) is 32.2 Å². The maximum absolute atomic E-state index is 11.9. The summed E-state index contributed by atoms with van der Waals surface area (Å²) in [5.74, 6) is 0.137. The first-order valence-corrected chi connectivity index (χ1v) is 8.78. The Morgan fingerprint density at radius 1 is 1.19 bits per heavy atom.